The summed E-state index contributed by atoms with van der Waals surface area (Å²) in [6.45, 7) is 1.44. The summed E-state index contributed by atoms with van der Waals surface area (Å²) in [6.07, 6.45) is 0. The Balaban J connectivity index is 3.16. The van der Waals surface area contributed by atoms with Gasteiger partial charge < -0.3 is 14.8 Å². The molecule has 0 unspecified atom stereocenters. The maximum Gasteiger partial charge on any atom is 0.221 e. The Morgan fingerprint density at radius 2 is 1.87 bits per heavy atom. The lowest BCUT2D eigenvalue weighted by Crippen LogP contribution is -2.07. The van der Waals surface area contributed by atoms with Crippen molar-refractivity contribution in [2.75, 3.05) is 19.5 Å². The van der Waals surface area contributed by atoms with Crippen LogP contribution < -0.4 is 14.8 Å². The fourth-order valence-electron chi connectivity index (χ4n) is 1.15. The number of halogens is 1. The van der Waals surface area contributed by atoms with Crippen LogP contribution in [-0.2, 0) is 4.79 Å². The summed E-state index contributed by atoms with van der Waals surface area (Å²) in [7, 11) is 3.10. The van der Waals surface area contributed by atoms with Crippen LogP contribution in [0.25, 0.3) is 0 Å². The molecule has 0 fully saturated rings. The average molecular weight is 274 g/mol. The topological polar surface area (TPSA) is 47.6 Å². The largest absolute Gasteiger partial charge is 0.495 e. The zero-order valence-corrected chi connectivity index (χ0v) is 10.3. The van der Waals surface area contributed by atoms with Gasteiger partial charge >= 0.3 is 0 Å². The third-order valence-electron chi connectivity index (χ3n) is 1.78. The molecule has 0 spiro atoms. The number of carbonyl (C=O) groups is 1. The van der Waals surface area contributed by atoms with Crippen molar-refractivity contribution in [2.45, 2.75) is 6.92 Å². The molecule has 0 bridgehead atoms. The number of anilines is 1. The molecule has 1 amide bonds. The van der Waals surface area contributed by atoms with Crippen LogP contribution >= 0.6 is 15.9 Å². The fraction of sp³-hybridized carbons (Fsp3) is 0.300. The molecule has 82 valence electrons. The van der Waals surface area contributed by atoms with Crippen molar-refractivity contribution >= 4 is 27.5 Å². The van der Waals surface area contributed by atoms with E-state index in [1.165, 1.54) is 6.92 Å². The Hall–Kier alpha value is -1.23. The van der Waals surface area contributed by atoms with Gasteiger partial charge in [-0.25, -0.2) is 0 Å². The first-order valence-electron chi connectivity index (χ1n) is 4.27. The van der Waals surface area contributed by atoms with Gasteiger partial charge in [-0.15, -0.1) is 0 Å². The number of hydrogen-bond acceptors (Lipinski definition) is 3. The number of amides is 1. The van der Waals surface area contributed by atoms with E-state index in [-0.39, 0.29) is 5.91 Å². The second-order valence-electron chi connectivity index (χ2n) is 2.87. The van der Waals surface area contributed by atoms with Crippen molar-refractivity contribution in [1.29, 1.82) is 0 Å². The van der Waals surface area contributed by atoms with E-state index in [1.807, 2.05) is 0 Å². The Morgan fingerprint density at radius 3 is 2.33 bits per heavy atom. The molecule has 1 N–H and O–H groups in total. The molecule has 5 heteroatoms. The Kier molecular flexibility index (Phi) is 3.96. The van der Waals surface area contributed by atoms with Crippen molar-refractivity contribution in [3.05, 3.63) is 16.6 Å². The molecule has 0 radical (unpaired) electrons. The first kappa shape index (κ1) is 11.8. The number of rotatable bonds is 3. The monoisotopic (exact) mass is 273 g/mol. The van der Waals surface area contributed by atoms with Gasteiger partial charge in [-0.1, -0.05) is 0 Å². The van der Waals surface area contributed by atoms with E-state index >= 15 is 0 Å². The molecule has 1 rings (SSSR count). The van der Waals surface area contributed by atoms with Crippen LogP contribution in [0, 0.1) is 0 Å². The minimum absolute atomic E-state index is 0.155. The number of hydrogen-bond donors (Lipinski definition) is 1. The van der Waals surface area contributed by atoms with Crippen LogP contribution in [-0.4, -0.2) is 20.1 Å². The van der Waals surface area contributed by atoms with E-state index in [1.54, 1.807) is 26.4 Å². The summed E-state index contributed by atoms with van der Waals surface area (Å²) in [4.78, 5) is 10.9. The Morgan fingerprint density at radius 1 is 1.27 bits per heavy atom. The second-order valence-corrected chi connectivity index (χ2v) is 3.72. The second kappa shape index (κ2) is 5.02. The molecule has 1 aromatic carbocycles. The van der Waals surface area contributed by atoms with Gasteiger partial charge in [0.2, 0.25) is 5.91 Å². The van der Waals surface area contributed by atoms with E-state index < -0.39 is 0 Å². The van der Waals surface area contributed by atoms with E-state index in [9.17, 15) is 4.79 Å². The van der Waals surface area contributed by atoms with Gasteiger partial charge in [0.15, 0.2) is 0 Å². The normalized spacial score (nSPS) is 9.60. The van der Waals surface area contributed by atoms with Crippen LogP contribution in [0.15, 0.2) is 16.6 Å². The average Bonchev–Trinajstić information content (AvgIpc) is 2.19. The standard InChI is InChI=1S/C10H12BrNO3/c1-6(13)12-8-5-9(14-2)7(11)4-10(8)15-3/h4-5H,1-3H3,(H,12,13). The van der Waals surface area contributed by atoms with Gasteiger partial charge in [0.25, 0.3) is 0 Å². The van der Waals surface area contributed by atoms with Gasteiger partial charge in [-0.2, -0.15) is 0 Å². The number of carbonyl (C=O) groups excluding carboxylic acids is 1. The number of ether oxygens (including phenoxy) is 2. The smallest absolute Gasteiger partial charge is 0.221 e. The van der Waals surface area contributed by atoms with Crippen LogP contribution in [0.4, 0.5) is 5.69 Å². The van der Waals surface area contributed by atoms with Crippen LogP contribution in [0.3, 0.4) is 0 Å². The molecule has 15 heavy (non-hydrogen) atoms. The maximum absolute atomic E-state index is 10.9. The lowest BCUT2D eigenvalue weighted by Gasteiger charge is -2.12. The van der Waals surface area contributed by atoms with Gasteiger partial charge in [0.05, 0.1) is 24.4 Å². The Labute approximate surface area is 96.7 Å². The van der Waals surface area contributed by atoms with Gasteiger partial charge in [0.1, 0.15) is 11.5 Å². The van der Waals surface area contributed by atoms with Crippen molar-refractivity contribution in [3.8, 4) is 11.5 Å². The van der Waals surface area contributed by atoms with E-state index in [2.05, 4.69) is 21.2 Å². The molecule has 1 aromatic rings. The molecule has 0 heterocycles. The van der Waals surface area contributed by atoms with Crippen molar-refractivity contribution < 1.29 is 14.3 Å². The first-order chi connectivity index (χ1) is 7.08. The highest BCUT2D eigenvalue weighted by Crippen LogP contribution is 2.35. The van der Waals surface area contributed by atoms with Crippen molar-refractivity contribution in [2.24, 2.45) is 0 Å². The molecule has 4 nitrogen and oxygen atoms in total. The first-order valence-corrected chi connectivity index (χ1v) is 5.07. The van der Waals surface area contributed by atoms with E-state index in [4.69, 9.17) is 9.47 Å². The number of benzene rings is 1. The third kappa shape index (κ3) is 2.86. The van der Waals surface area contributed by atoms with Gasteiger partial charge in [-0.3, -0.25) is 4.79 Å². The summed E-state index contributed by atoms with van der Waals surface area (Å²) < 4.78 is 11.0. The molecular weight excluding hydrogens is 262 g/mol. The maximum atomic E-state index is 10.9. The SMILES string of the molecule is COc1cc(NC(C)=O)c(OC)cc1Br. The summed E-state index contributed by atoms with van der Waals surface area (Å²) in [5, 5.41) is 2.66. The molecule has 0 aromatic heterocycles. The summed E-state index contributed by atoms with van der Waals surface area (Å²) >= 11 is 3.33. The zero-order valence-electron chi connectivity index (χ0n) is 8.76. The Bertz CT molecular complexity index is 379. The third-order valence-corrected chi connectivity index (χ3v) is 2.40. The lowest BCUT2D eigenvalue weighted by atomic mass is 10.2. The zero-order chi connectivity index (χ0) is 11.4. The van der Waals surface area contributed by atoms with Crippen LogP contribution in [0.2, 0.25) is 0 Å². The summed E-state index contributed by atoms with van der Waals surface area (Å²) in [5.41, 5.74) is 0.588. The molecule has 0 atom stereocenters. The molecule has 0 aliphatic heterocycles. The predicted molar refractivity (Wildman–Crippen MR) is 61.5 cm³/mol. The predicted octanol–water partition coefficient (Wildman–Crippen LogP) is 2.42. The van der Waals surface area contributed by atoms with Gasteiger partial charge in [0, 0.05) is 19.1 Å². The van der Waals surface area contributed by atoms with Crippen molar-refractivity contribution in [3.63, 3.8) is 0 Å². The molecule has 0 aliphatic carbocycles. The quantitative estimate of drug-likeness (QED) is 0.920. The minimum Gasteiger partial charge on any atom is -0.495 e. The molecule has 0 saturated carbocycles. The highest BCUT2D eigenvalue weighted by molar-refractivity contribution is 9.10. The van der Waals surface area contributed by atoms with Crippen LogP contribution in [0.5, 0.6) is 11.5 Å². The molecule has 0 aliphatic rings. The number of methoxy groups -OCH3 is 2. The number of nitrogens with one attached hydrogen (secondary N) is 1. The fourth-order valence-corrected chi connectivity index (χ4v) is 1.63. The van der Waals surface area contributed by atoms with Crippen LogP contribution in [0.1, 0.15) is 6.92 Å². The van der Waals surface area contributed by atoms with Crippen molar-refractivity contribution in [1.82, 2.24) is 0 Å². The van der Waals surface area contributed by atoms with Gasteiger partial charge in [-0.05, 0) is 15.9 Å². The summed E-state index contributed by atoms with van der Waals surface area (Å²) in [6, 6.07) is 3.44. The highest BCUT2D eigenvalue weighted by Gasteiger charge is 2.10. The minimum atomic E-state index is -0.155. The summed E-state index contributed by atoms with van der Waals surface area (Å²) in [5.74, 6) is 1.06. The van der Waals surface area contributed by atoms with E-state index in [0.29, 0.717) is 17.2 Å². The molecule has 0 saturated heterocycles. The van der Waals surface area contributed by atoms with E-state index in [0.717, 1.165) is 4.47 Å². The highest BCUT2D eigenvalue weighted by atomic mass is 79.9. The molecular formula is C10H12BrNO3. The lowest BCUT2D eigenvalue weighted by molar-refractivity contribution is -0.114.